The van der Waals surface area contributed by atoms with E-state index >= 15 is 0 Å². The van der Waals surface area contributed by atoms with Crippen LogP contribution < -0.4 is 0 Å². The van der Waals surface area contributed by atoms with Crippen molar-refractivity contribution in [2.75, 3.05) is 0 Å². The second-order valence-corrected chi connectivity index (χ2v) is 3.59. The molecule has 0 amide bonds. The molecule has 1 aromatic heterocycles. The fourth-order valence-corrected chi connectivity index (χ4v) is 1.78. The Balaban J connectivity index is 3.28. The van der Waals surface area contributed by atoms with Crippen molar-refractivity contribution in [1.29, 1.82) is 0 Å². The van der Waals surface area contributed by atoms with E-state index in [-0.39, 0.29) is 9.08 Å². The molecule has 0 bridgehead atoms. The molecule has 0 N–H and O–H groups in total. The fraction of sp³-hybridized carbons (Fsp3) is 0.167. The van der Waals surface area contributed by atoms with Gasteiger partial charge in [0.15, 0.2) is 5.82 Å². The highest BCUT2D eigenvalue weighted by Gasteiger charge is 2.18. The zero-order valence-corrected chi connectivity index (χ0v) is 8.66. The Bertz CT molecular complexity index is 303. The van der Waals surface area contributed by atoms with Gasteiger partial charge in [0.05, 0.1) is 4.47 Å². The Morgan fingerprint density at radius 1 is 1.33 bits per heavy atom. The largest absolute Gasteiger partial charge is 0.283 e. The predicted octanol–water partition coefficient (Wildman–Crippen LogP) is 3.68. The Labute approximate surface area is 83.2 Å². The lowest BCUT2D eigenvalue weighted by molar-refractivity contribution is 0.140. The van der Waals surface area contributed by atoms with E-state index in [1.54, 1.807) is 0 Å². The van der Waals surface area contributed by atoms with Gasteiger partial charge in [-0.05, 0) is 37.9 Å². The van der Waals surface area contributed by atoms with Gasteiger partial charge in [-0.1, -0.05) is 0 Å². The molecule has 0 radical (unpaired) electrons. The molecule has 6 heteroatoms. The summed E-state index contributed by atoms with van der Waals surface area (Å²) in [6.07, 6.45) is -2.90. The van der Waals surface area contributed by atoms with Crippen LogP contribution in [0.2, 0.25) is 0 Å². The minimum atomic E-state index is -2.90. The highest BCUT2D eigenvalue weighted by Crippen LogP contribution is 2.27. The zero-order valence-electron chi connectivity index (χ0n) is 5.49. The third-order valence-electron chi connectivity index (χ3n) is 1.11. The van der Waals surface area contributed by atoms with Gasteiger partial charge in [0.2, 0.25) is 0 Å². The van der Waals surface area contributed by atoms with Gasteiger partial charge < -0.3 is 0 Å². The van der Waals surface area contributed by atoms with E-state index < -0.39 is 17.9 Å². The SMILES string of the molecule is Fc1c(Br)cc(Br)nc1C(F)F. The average Bonchev–Trinajstić information content (AvgIpc) is 1.96. The van der Waals surface area contributed by atoms with E-state index in [1.807, 2.05) is 0 Å². The van der Waals surface area contributed by atoms with E-state index in [0.29, 0.717) is 0 Å². The van der Waals surface area contributed by atoms with Crippen molar-refractivity contribution < 1.29 is 13.2 Å². The second-order valence-electron chi connectivity index (χ2n) is 1.93. The van der Waals surface area contributed by atoms with Gasteiger partial charge in [0, 0.05) is 0 Å². The van der Waals surface area contributed by atoms with Crippen molar-refractivity contribution in [2.45, 2.75) is 6.43 Å². The standard InChI is InChI=1S/C6H2Br2F3N/c7-2-1-3(8)12-5(4(2)9)6(10)11/h1,6H. The van der Waals surface area contributed by atoms with Gasteiger partial charge in [0.1, 0.15) is 10.3 Å². The molecule has 0 spiro atoms. The smallest absolute Gasteiger partial charge is 0.237 e. The van der Waals surface area contributed by atoms with Crippen molar-refractivity contribution in [3.63, 3.8) is 0 Å². The van der Waals surface area contributed by atoms with Crippen LogP contribution in [0.25, 0.3) is 0 Å². The number of alkyl halides is 2. The normalized spacial score (nSPS) is 10.8. The monoisotopic (exact) mass is 303 g/mol. The van der Waals surface area contributed by atoms with Crippen molar-refractivity contribution in [1.82, 2.24) is 4.98 Å². The third-order valence-corrected chi connectivity index (χ3v) is 2.10. The van der Waals surface area contributed by atoms with Gasteiger partial charge in [-0.2, -0.15) is 0 Å². The molecule has 0 saturated carbocycles. The average molecular weight is 305 g/mol. The summed E-state index contributed by atoms with van der Waals surface area (Å²) < 4.78 is 37.1. The maximum atomic E-state index is 12.8. The first kappa shape index (κ1) is 9.98. The minimum Gasteiger partial charge on any atom is -0.237 e. The number of nitrogens with zero attached hydrogens (tertiary/aromatic N) is 1. The zero-order chi connectivity index (χ0) is 9.30. The van der Waals surface area contributed by atoms with E-state index in [2.05, 4.69) is 36.8 Å². The van der Waals surface area contributed by atoms with Crippen molar-refractivity contribution >= 4 is 31.9 Å². The van der Waals surface area contributed by atoms with E-state index in [0.717, 1.165) is 0 Å². The summed E-state index contributed by atoms with van der Waals surface area (Å²) in [4.78, 5) is 3.29. The van der Waals surface area contributed by atoms with Crippen LogP contribution in [0, 0.1) is 5.82 Å². The van der Waals surface area contributed by atoms with E-state index in [1.165, 1.54) is 6.07 Å². The van der Waals surface area contributed by atoms with E-state index in [9.17, 15) is 13.2 Å². The van der Waals surface area contributed by atoms with Crippen LogP contribution in [0.5, 0.6) is 0 Å². The molecule has 0 aromatic carbocycles. The molecule has 66 valence electrons. The molecule has 0 aliphatic carbocycles. The third kappa shape index (κ3) is 1.98. The van der Waals surface area contributed by atoms with Crippen molar-refractivity contribution in [3.05, 3.63) is 26.7 Å². The van der Waals surface area contributed by atoms with Crippen LogP contribution in [0.15, 0.2) is 15.1 Å². The molecular formula is C6H2Br2F3N. The Hall–Kier alpha value is -0.100. The number of halogens is 5. The maximum Gasteiger partial charge on any atom is 0.283 e. The van der Waals surface area contributed by atoms with E-state index in [4.69, 9.17) is 0 Å². The van der Waals surface area contributed by atoms with Gasteiger partial charge in [-0.25, -0.2) is 18.2 Å². The first-order valence-corrected chi connectivity index (χ1v) is 4.40. The quantitative estimate of drug-likeness (QED) is 0.721. The summed E-state index contributed by atoms with van der Waals surface area (Å²) >= 11 is 5.66. The second kappa shape index (κ2) is 3.74. The lowest BCUT2D eigenvalue weighted by Crippen LogP contribution is -1.96. The van der Waals surface area contributed by atoms with Crippen LogP contribution in [0.3, 0.4) is 0 Å². The minimum absolute atomic E-state index is 0.0281. The molecule has 0 atom stereocenters. The molecule has 0 aliphatic rings. The summed E-state index contributed by atoms with van der Waals surface area (Å²) in [6, 6.07) is 1.27. The molecule has 0 saturated heterocycles. The van der Waals surface area contributed by atoms with Crippen molar-refractivity contribution in [3.8, 4) is 0 Å². The number of rotatable bonds is 1. The van der Waals surface area contributed by atoms with Gasteiger partial charge in [-0.15, -0.1) is 0 Å². The van der Waals surface area contributed by atoms with Gasteiger partial charge in [-0.3, -0.25) is 0 Å². The summed E-state index contributed by atoms with van der Waals surface area (Å²) in [5.41, 5.74) is -0.851. The van der Waals surface area contributed by atoms with Crippen molar-refractivity contribution in [2.24, 2.45) is 0 Å². The van der Waals surface area contributed by atoms with Gasteiger partial charge >= 0.3 is 0 Å². The summed E-state index contributed by atoms with van der Waals surface area (Å²) in [5.74, 6) is -1.02. The Kier molecular flexibility index (Phi) is 3.11. The Morgan fingerprint density at radius 3 is 2.42 bits per heavy atom. The first-order valence-electron chi connectivity index (χ1n) is 2.82. The number of hydrogen-bond acceptors (Lipinski definition) is 1. The summed E-state index contributed by atoms with van der Waals surface area (Å²) in [5, 5.41) is 0. The van der Waals surface area contributed by atoms with Crippen LogP contribution >= 0.6 is 31.9 Å². The summed E-state index contributed by atoms with van der Waals surface area (Å²) in [7, 11) is 0. The Morgan fingerprint density at radius 2 is 1.92 bits per heavy atom. The van der Waals surface area contributed by atoms with Crippen LogP contribution in [0.1, 0.15) is 12.1 Å². The molecule has 12 heavy (non-hydrogen) atoms. The predicted molar refractivity (Wildman–Crippen MR) is 44.6 cm³/mol. The lowest BCUT2D eigenvalue weighted by Gasteiger charge is -2.02. The van der Waals surface area contributed by atoms with Crippen LogP contribution in [-0.4, -0.2) is 4.98 Å². The highest BCUT2D eigenvalue weighted by atomic mass is 79.9. The maximum absolute atomic E-state index is 12.8. The first-order chi connectivity index (χ1) is 5.52. The molecule has 1 aromatic rings. The molecule has 0 fully saturated rings. The molecule has 0 unspecified atom stereocenters. The summed E-state index contributed by atoms with van der Waals surface area (Å²) in [6.45, 7) is 0. The molecule has 1 heterocycles. The van der Waals surface area contributed by atoms with Gasteiger partial charge in [0.25, 0.3) is 6.43 Å². The highest BCUT2D eigenvalue weighted by molar-refractivity contribution is 9.11. The number of hydrogen-bond donors (Lipinski definition) is 0. The fourth-order valence-electron chi connectivity index (χ4n) is 0.631. The molecule has 1 nitrogen and oxygen atoms in total. The number of aromatic nitrogens is 1. The number of pyridine rings is 1. The topological polar surface area (TPSA) is 12.9 Å². The molecule has 0 aliphatic heterocycles. The molecular weight excluding hydrogens is 303 g/mol. The van der Waals surface area contributed by atoms with Crippen LogP contribution in [-0.2, 0) is 0 Å². The molecule has 1 rings (SSSR count). The lowest BCUT2D eigenvalue weighted by atomic mass is 10.3. The van der Waals surface area contributed by atoms with Crippen LogP contribution in [0.4, 0.5) is 13.2 Å².